The number of esters is 1. The lowest BCUT2D eigenvalue weighted by molar-refractivity contribution is -0.137. The molecule has 1 aliphatic heterocycles. The molecule has 0 bridgehead atoms. The van der Waals surface area contributed by atoms with Crippen molar-refractivity contribution < 1.29 is 27.5 Å². The highest BCUT2D eigenvalue weighted by atomic mass is 32.1. The molecular weight excluding hydrogens is 443 g/mol. The molecule has 0 atom stereocenters. The van der Waals surface area contributed by atoms with Gasteiger partial charge in [0.25, 0.3) is 0 Å². The standard InChI is InChI=1S/C22H26F3N3O3S/c1-3-17-13-18(21(30)31-4-2)20(32-17)26-19(29)14-27-8-10-28(11-9-27)16-7-5-6-15(12-16)22(23,24)25/h5-7,12-13H,3-4,8-11,14H2,1-2H3,(H,26,29). The summed E-state index contributed by atoms with van der Waals surface area (Å²) in [5, 5.41) is 3.30. The predicted molar refractivity (Wildman–Crippen MR) is 118 cm³/mol. The molecule has 1 aromatic heterocycles. The van der Waals surface area contributed by atoms with Crippen molar-refractivity contribution in [2.75, 3.05) is 49.5 Å². The molecule has 1 N–H and O–H groups in total. The number of thiophene rings is 1. The van der Waals surface area contributed by atoms with Gasteiger partial charge in [0.05, 0.1) is 24.3 Å². The van der Waals surface area contributed by atoms with Crippen LogP contribution in [0.3, 0.4) is 0 Å². The zero-order chi connectivity index (χ0) is 23.3. The first-order valence-electron chi connectivity index (χ1n) is 10.5. The molecule has 1 saturated heterocycles. The molecule has 1 aromatic carbocycles. The summed E-state index contributed by atoms with van der Waals surface area (Å²) in [7, 11) is 0. The van der Waals surface area contributed by atoms with Gasteiger partial charge in [-0.3, -0.25) is 9.69 Å². The SMILES string of the molecule is CCOC(=O)c1cc(CC)sc1NC(=O)CN1CCN(c2cccc(C(F)(F)F)c2)CC1. The molecule has 2 aromatic rings. The average Bonchev–Trinajstić information content (AvgIpc) is 3.17. The fraction of sp³-hybridized carbons (Fsp3) is 0.455. The fourth-order valence-corrected chi connectivity index (χ4v) is 4.48. The first kappa shape index (κ1) is 24.1. The van der Waals surface area contributed by atoms with E-state index in [9.17, 15) is 22.8 Å². The molecule has 3 rings (SSSR count). The number of nitrogens with one attached hydrogen (secondary N) is 1. The highest BCUT2D eigenvalue weighted by molar-refractivity contribution is 7.16. The molecule has 0 radical (unpaired) electrons. The van der Waals surface area contributed by atoms with E-state index in [0.29, 0.717) is 42.4 Å². The van der Waals surface area contributed by atoms with Gasteiger partial charge in [0.2, 0.25) is 5.91 Å². The average molecular weight is 470 g/mol. The first-order chi connectivity index (χ1) is 15.2. The van der Waals surface area contributed by atoms with E-state index in [-0.39, 0.29) is 19.1 Å². The molecular formula is C22H26F3N3O3S. The number of alkyl halides is 3. The van der Waals surface area contributed by atoms with Crippen LogP contribution < -0.4 is 10.2 Å². The van der Waals surface area contributed by atoms with Crippen molar-refractivity contribution in [3.8, 4) is 0 Å². The van der Waals surface area contributed by atoms with Gasteiger partial charge in [0.1, 0.15) is 5.00 Å². The van der Waals surface area contributed by atoms with Crippen molar-refractivity contribution in [1.82, 2.24) is 4.90 Å². The van der Waals surface area contributed by atoms with E-state index in [2.05, 4.69) is 5.32 Å². The number of benzene rings is 1. The molecule has 10 heteroatoms. The summed E-state index contributed by atoms with van der Waals surface area (Å²) in [4.78, 5) is 29.5. The largest absolute Gasteiger partial charge is 0.462 e. The Labute approximate surface area is 189 Å². The predicted octanol–water partition coefficient (Wildman–Crippen LogP) is 4.27. The highest BCUT2D eigenvalue weighted by Gasteiger charge is 2.31. The van der Waals surface area contributed by atoms with Crippen molar-refractivity contribution in [3.05, 3.63) is 46.3 Å². The number of halogens is 3. The molecule has 1 aliphatic rings. The summed E-state index contributed by atoms with van der Waals surface area (Å²) in [5.74, 6) is -0.707. The Morgan fingerprint density at radius 3 is 2.47 bits per heavy atom. The monoisotopic (exact) mass is 469 g/mol. The Balaban J connectivity index is 1.56. The van der Waals surface area contributed by atoms with Crippen molar-refractivity contribution in [1.29, 1.82) is 0 Å². The molecule has 1 fully saturated rings. The molecule has 2 heterocycles. The topological polar surface area (TPSA) is 61.9 Å². The van der Waals surface area contributed by atoms with Crippen molar-refractivity contribution in [3.63, 3.8) is 0 Å². The summed E-state index contributed by atoms with van der Waals surface area (Å²) in [6, 6.07) is 7.03. The van der Waals surface area contributed by atoms with Crippen LogP contribution in [-0.2, 0) is 22.1 Å². The molecule has 0 unspecified atom stereocenters. The van der Waals surface area contributed by atoms with Crippen LogP contribution in [-0.4, -0.2) is 56.1 Å². The van der Waals surface area contributed by atoms with Crippen LogP contribution in [0.2, 0.25) is 0 Å². The maximum atomic E-state index is 13.0. The van der Waals surface area contributed by atoms with Crippen molar-refractivity contribution in [2.24, 2.45) is 0 Å². The third kappa shape index (κ3) is 6.01. The van der Waals surface area contributed by atoms with Gasteiger partial charge >= 0.3 is 12.1 Å². The zero-order valence-corrected chi connectivity index (χ0v) is 18.8. The second-order valence-electron chi connectivity index (χ2n) is 7.39. The minimum absolute atomic E-state index is 0.137. The number of amides is 1. The number of rotatable bonds is 7. The number of hydrogen-bond acceptors (Lipinski definition) is 6. The van der Waals surface area contributed by atoms with Gasteiger partial charge in [-0.25, -0.2) is 4.79 Å². The van der Waals surface area contributed by atoms with E-state index >= 15 is 0 Å². The zero-order valence-electron chi connectivity index (χ0n) is 18.0. The number of carbonyl (C=O) groups is 2. The molecule has 1 amide bonds. The van der Waals surface area contributed by atoms with Crippen molar-refractivity contribution in [2.45, 2.75) is 26.4 Å². The Hall–Kier alpha value is -2.59. The van der Waals surface area contributed by atoms with E-state index in [0.717, 1.165) is 23.4 Å². The summed E-state index contributed by atoms with van der Waals surface area (Å²) in [6.45, 7) is 6.19. The number of nitrogens with zero attached hydrogens (tertiary/aromatic N) is 2. The van der Waals surface area contributed by atoms with Gasteiger partial charge in [-0.1, -0.05) is 13.0 Å². The maximum absolute atomic E-state index is 13.0. The molecule has 174 valence electrons. The van der Waals surface area contributed by atoms with Gasteiger partial charge in [-0.2, -0.15) is 13.2 Å². The highest BCUT2D eigenvalue weighted by Crippen LogP contribution is 2.32. The summed E-state index contributed by atoms with van der Waals surface area (Å²) in [6.07, 6.45) is -3.64. The van der Waals surface area contributed by atoms with Crippen LogP contribution in [0.15, 0.2) is 30.3 Å². The lowest BCUT2D eigenvalue weighted by Gasteiger charge is -2.35. The van der Waals surface area contributed by atoms with Crippen LogP contribution in [0.25, 0.3) is 0 Å². The Kier molecular flexibility index (Phi) is 7.78. The quantitative estimate of drug-likeness (QED) is 0.614. The summed E-state index contributed by atoms with van der Waals surface area (Å²) < 4.78 is 44.0. The van der Waals surface area contributed by atoms with E-state index in [1.807, 2.05) is 16.7 Å². The van der Waals surface area contributed by atoms with E-state index < -0.39 is 17.7 Å². The lowest BCUT2D eigenvalue weighted by Crippen LogP contribution is -2.48. The summed E-state index contributed by atoms with van der Waals surface area (Å²) in [5.41, 5.74) is 0.210. The Morgan fingerprint density at radius 2 is 1.84 bits per heavy atom. The van der Waals surface area contributed by atoms with Gasteiger partial charge < -0.3 is 15.0 Å². The van der Waals surface area contributed by atoms with Crippen LogP contribution in [0, 0.1) is 0 Å². The van der Waals surface area contributed by atoms with Crippen molar-refractivity contribution >= 4 is 33.9 Å². The van der Waals surface area contributed by atoms with Crippen LogP contribution in [0.1, 0.15) is 34.6 Å². The number of ether oxygens (including phenoxy) is 1. The van der Waals surface area contributed by atoms with Gasteiger partial charge in [0, 0.05) is 36.7 Å². The number of anilines is 2. The lowest BCUT2D eigenvalue weighted by atomic mass is 10.1. The minimum atomic E-state index is -4.38. The second-order valence-corrected chi connectivity index (χ2v) is 8.53. The van der Waals surface area contributed by atoms with Gasteiger partial charge in [-0.15, -0.1) is 11.3 Å². The third-order valence-electron chi connectivity index (χ3n) is 5.16. The van der Waals surface area contributed by atoms with Crippen LogP contribution >= 0.6 is 11.3 Å². The summed E-state index contributed by atoms with van der Waals surface area (Å²) >= 11 is 1.35. The third-order valence-corrected chi connectivity index (χ3v) is 6.35. The van der Waals surface area contributed by atoms with E-state index in [1.165, 1.54) is 17.4 Å². The Morgan fingerprint density at radius 1 is 1.12 bits per heavy atom. The molecule has 0 saturated carbocycles. The van der Waals surface area contributed by atoms with E-state index in [1.54, 1.807) is 19.1 Å². The number of carbonyl (C=O) groups excluding carboxylic acids is 2. The fourth-order valence-electron chi connectivity index (χ4n) is 3.48. The minimum Gasteiger partial charge on any atom is -0.462 e. The molecule has 6 nitrogen and oxygen atoms in total. The van der Waals surface area contributed by atoms with Gasteiger partial charge in [0.15, 0.2) is 0 Å². The molecule has 0 aliphatic carbocycles. The Bertz CT molecular complexity index is 953. The van der Waals surface area contributed by atoms with Gasteiger partial charge in [-0.05, 0) is 37.6 Å². The van der Waals surface area contributed by atoms with Crippen LogP contribution in [0.4, 0.5) is 23.9 Å². The first-order valence-corrected chi connectivity index (χ1v) is 11.3. The second kappa shape index (κ2) is 10.4. The normalized spacial score (nSPS) is 15.0. The number of aryl methyl sites for hydroxylation is 1. The molecule has 32 heavy (non-hydrogen) atoms. The smallest absolute Gasteiger partial charge is 0.416 e. The molecule has 0 spiro atoms. The number of hydrogen-bond donors (Lipinski definition) is 1. The van der Waals surface area contributed by atoms with Crippen LogP contribution in [0.5, 0.6) is 0 Å². The number of piperazine rings is 1. The van der Waals surface area contributed by atoms with E-state index in [4.69, 9.17) is 4.74 Å². The maximum Gasteiger partial charge on any atom is 0.416 e.